The summed E-state index contributed by atoms with van der Waals surface area (Å²) in [6, 6.07) is 8.17. The Hall–Kier alpha value is -2.18. The molecule has 2 aromatic rings. The van der Waals surface area contributed by atoms with Crippen LogP contribution in [0.4, 0.5) is 0 Å². The van der Waals surface area contributed by atoms with Crippen molar-refractivity contribution in [3.05, 3.63) is 52.4 Å². The van der Waals surface area contributed by atoms with Gasteiger partial charge in [0.25, 0.3) is 11.8 Å². The van der Waals surface area contributed by atoms with Gasteiger partial charge in [0.1, 0.15) is 5.75 Å². The zero-order valence-corrected chi connectivity index (χ0v) is 15.7. The molecule has 1 aliphatic heterocycles. The molecule has 0 N–H and O–H groups in total. The zero-order valence-electron chi connectivity index (χ0n) is 14.2. The molecule has 1 unspecified atom stereocenters. The number of hydrogen-bond acceptors (Lipinski definition) is 4. The molecule has 2 amide bonds. The van der Waals surface area contributed by atoms with Crippen molar-refractivity contribution in [2.75, 3.05) is 26.2 Å². The smallest absolute Gasteiger partial charge is 0.289 e. The van der Waals surface area contributed by atoms with E-state index < -0.39 is 6.10 Å². The van der Waals surface area contributed by atoms with E-state index in [9.17, 15) is 9.59 Å². The lowest BCUT2D eigenvalue weighted by molar-refractivity contribution is -0.139. The zero-order chi connectivity index (χ0) is 18.7. The Morgan fingerprint density at radius 2 is 1.77 bits per heavy atom. The van der Waals surface area contributed by atoms with Gasteiger partial charge >= 0.3 is 0 Å². The number of nitrogens with zero attached hydrogens (tertiary/aromatic N) is 2. The molecule has 0 saturated carbocycles. The molecule has 0 aliphatic carbocycles. The highest BCUT2D eigenvalue weighted by Gasteiger charge is 2.29. The fourth-order valence-corrected chi connectivity index (χ4v) is 3.04. The molecule has 1 fully saturated rings. The molecular formula is C18H18Cl2N2O4. The minimum absolute atomic E-state index is 0.138. The van der Waals surface area contributed by atoms with Crippen LogP contribution in [0.3, 0.4) is 0 Å². The lowest BCUT2D eigenvalue weighted by Gasteiger charge is -2.35. The number of carbonyl (C=O) groups excluding carboxylic acids is 2. The fourth-order valence-electron chi connectivity index (χ4n) is 2.75. The first-order chi connectivity index (χ1) is 12.5. The predicted octanol–water partition coefficient (Wildman–Crippen LogP) is 3.34. The molecule has 0 bridgehead atoms. The molecule has 1 aromatic heterocycles. The normalized spacial score (nSPS) is 15.7. The minimum Gasteiger partial charge on any atom is -0.481 e. The Labute approximate surface area is 161 Å². The first-order valence-corrected chi connectivity index (χ1v) is 8.94. The van der Waals surface area contributed by atoms with E-state index in [1.807, 2.05) is 0 Å². The quantitative estimate of drug-likeness (QED) is 0.794. The van der Waals surface area contributed by atoms with Gasteiger partial charge in [-0.05, 0) is 31.2 Å². The van der Waals surface area contributed by atoms with Gasteiger partial charge in [0.05, 0.1) is 16.3 Å². The molecule has 1 atom stereocenters. The monoisotopic (exact) mass is 396 g/mol. The second kappa shape index (κ2) is 8.01. The molecule has 2 heterocycles. The number of furan rings is 1. The van der Waals surface area contributed by atoms with Crippen molar-refractivity contribution in [1.29, 1.82) is 0 Å². The standard InChI is InChI=1S/C18H18Cl2N2O4/c1-12(26-13-4-5-14(19)15(20)11-13)17(23)21-6-8-22(9-7-21)18(24)16-3-2-10-25-16/h2-5,10-12H,6-9H2,1H3. The largest absolute Gasteiger partial charge is 0.481 e. The van der Waals surface area contributed by atoms with Crippen LogP contribution in [0.5, 0.6) is 5.75 Å². The first-order valence-electron chi connectivity index (χ1n) is 8.19. The van der Waals surface area contributed by atoms with E-state index in [-0.39, 0.29) is 11.8 Å². The lowest BCUT2D eigenvalue weighted by atomic mass is 10.2. The highest BCUT2D eigenvalue weighted by atomic mass is 35.5. The van der Waals surface area contributed by atoms with Crippen molar-refractivity contribution >= 4 is 35.0 Å². The Bertz CT molecular complexity index is 786. The van der Waals surface area contributed by atoms with Gasteiger partial charge in [-0.1, -0.05) is 23.2 Å². The summed E-state index contributed by atoms with van der Waals surface area (Å²) >= 11 is 11.8. The fraction of sp³-hybridized carbons (Fsp3) is 0.333. The van der Waals surface area contributed by atoms with E-state index in [2.05, 4.69) is 0 Å². The number of rotatable bonds is 4. The van der Waals surface area contributed by atoms with E-state index in [0.717, 1.165) is 0 Å². The maximum atomic E-state index is 12.6. The van der Waals surface area contributed by atoms with E-state index in [4.69, 9.17) is 32.4 Å². The maximum absolute atomic E-state index is 12.6. The summed E-state index contributed by atoms with van der Waals surface area (Å²) < 4.78 is 10.8. The second-order valence-electron chi connectivity index (χ2n) is 5.93. The van der Waals surface area contributed by atoms with E-state index >= 15 is 0 Å². The summed E-state index contributed by atoms with van der Waals surface area (Å²) in [6.45, 7) is 3.47. The maximum Gasteiger partial charge on any atom is 0.289 e. The first kappa shape index (κ1) is 18.6. The lowest BCUT2D eigenvalue weighted by Crippen LogP contribution is -2.53. The van der Waals surface area contributed by atoms with Crippen LogP contribution >= 0.6 is 23.2 Å². The van der Waals surface area contributed by atoms with Gasteiger partial charge < -0.3 is 19.0 Å². The molecule has 1 aromatic carbocycles. The van der Waals surface area contributed by atoms with Gasteiger partial charge in [0, 0.05) is 32.2 Å². The summed E-state index contributed by atoms with van der Waals surface area (Å²) in [4.78, 5) is 28.2. The molecular weight excluding hydrogens is 379 g/mol. The number of benzene rings is 1. The highest BCUT2D eigenvalue weighted by Crippen LogP contribution is 2.27. The van der Waals surface area contributed by atoms with Crippen LogP contribution in [0.2, 0.25) is 10.0 Å². The third-order valence-corrected chi connectivity index (χ3v) is 4.90. The SMILES string of the molecule is CC(Oc1ccc(Cl)c(Cl)c1)C(=O)N1CCN(C(=O)c2ccco2)CC1. The van der Waals surface area contributed by atoms with Gasteiger partial charge in [0.15, 0.2) is 11.9 Å². The van der Waals surface area contributed by atoms with Crippen molar-refractivity contribution in [2.45, 2.75) is 13.0 Å². The van der Waals surface area contributed by atoms with Gasteiger partial charge in [-0.25, -0.2) is 0 Å². The second-order valence-corrected chi connectivity index (χ2v) is 6.75. The number of halogens is 2. The molecule has 1 saturated heterocycles. The van der Waals surface area contributed by atoms with Crippen molar-refractivity contribution < 1.29 is 18.7 Å². The predicted molar refractivity (Wildman–Crippen MR) is 97.7 cm³/mol. The van der Waals surface area contributed by atoms with E-state index in [1.165, 1.54) is 6.26 Å². The van der Waals surface area contributed by atoms with Crippen LogP contribution in [-0.4, -0.2) is 53.9 Å². The topological polar surface area (TPSA) is 63.0 Å². The summed E-state index contributed by atoms with van der Waals surface area (Å²) in [6.07, 6.45) is 0.800. The Kier molecular flexibility index (Phi) is 5.74. The highest BCUT2D eigenvalue weighted by molar-refractivity contribution is 6.42. The number of piperazine rings is 1. The molecule has 3 rings (SSSR count). The summed E-state index contributed by atoms with van der Waals surface area (Å²) in [5, 5.41) is 0.796. The third-order valence-electron chi connectivity index (χ3n) is 4.16. The summed E-state index contributed by atoms with van der Waals surface area (Å²) in [5.41, 5.74) is 0. The Morgan fingerprint density at radius 1 is 1.08 bits per heavy atom. The van der Waals surface area contributed by atoms with E-state index in [1.54, 1.807) is 47.1 Å². The average Bonchev–Trinajstić information content (AvgIpc) is 3.18. The van der Waals surface area contributed by atoms with Crippen molar-refractivity contribution in [2.24, 2.45) is 0 Å². The average molecular weight is 397 g/mol. The molecule has 0 spiro atoms. The molecule has 1 aliphatic rings. The Balaban J connectivity index is 1.54. The minimum atomic E-state index is -0.667. The molecule has 138 valence electrons. The van der Waals surface area contributed by atoms with Crippen molar-refractivity contribution in [3.63, 3.8) is 0 Å². The summed E-state index contributed by atoms with van der Waals surface area (Å²) in [5.74, 6) is 0.483. The summed E-state index contributed by atoms with van der Waals surface area (Å²) in [7, 11) is 0. The van der Waals surface area contributed by atoms with Gasteiger partial charge in [-0.2, -0.15) is 0 Å². The van der Waals surface area contributed by atoms with Gasteiger partial charge in [-0.15, -0.1) is 0 Å². The number of carbonyl (C=O) groups is 2. The molecule has 26 heavy (non-hydrogen) atoms. The number of amides is 2. The van der Waals surface area contributed by atoms with Crippen LogP contribution in [0.25, 0.3) is 0 Å². The van der Waals surface area contributed by atoms with Crippen LogP contribution in [0.15, 0.2) is 41.0 Å². The van der Waals surface area contributed by atoms with Crippen LogP contribution in [0, 0.1) is 0 Å². The van der Waals surface area contributed by atoms with Gasteiger partial charge in [0.2, 0.25) is 0 Å². The molecule has 0 radical (unpaired) electrons. The van der Waals surface area contributed by atoms with Gasteiger partial charge in [-0.3, -0.25) is 9.59 Å². The third kappa shape index (κ3) is 4.14. The molecule has 8 heteroatoms. The van der Waals surface area contributed by atoms with Crippen LogP contribution in [0.1, 0.15) is 17.5 Å². The Morgan fingerprint density at radius 3 is 2.38 bits per heavy atom. The number of ether oxygens (including phenoxy) is 1. The van der Waals surface area contributed by atoms with Crippen molar-refractivity contribution in [1.82, 2.24) is 9.80 Å². The van der Waals surface area contributed by atoms with E-state index in [0.29, 0.717) is 47.7 Å². The van der Waals surface area contributed by atoms with Crippen LogP contribution < -0.4 is 4.74 Å². The number of hydrogen-bond donors (Lipinski definition) is 0. The van der Waals surface area contributed by atoms with Crippen LogP contribution in [-0.2, 0) is 4.79 Å². The van der Waals surface area contributed by atoms with Crippen molar-refractivity contribution in [3.8, 4) is 5.75 Å². The molecule has 6 nitrogen and oxygen atoms in total.